The molecule has 12 nitrogen and oxygen atoms in total. The lowest BCUT2D eigenvalue weighted by Gasteiger charge is -2.26. The number of nitrogens with one attached hydrogen (secondary N) is 3. The highest BCUT2D eigenvalue weighted by Crippen LogP contribution is 2.09. The van der Waals surface area contributed by atoms with E-state index in [1.54, 1.807) is 0 Å². The van der Waals surface area contributed by atoms with Gasteiger partial charge in [-0.2, -0.15) is 11.8 Å². The highest BCUT2D eigenvalue weighted by molar-refractivity contribution is 7.98. The molecule has 0 rings (SSSR count). The molecule has 196 valence electrons. The van der Waals surface area contributed by atoms with Crippen LogP contribution in [0.5, 0.6) is 0 Å². The van der Waals surface area contributed by atoms with Gasteiger partial charge in [0.25, 0.3) is 0 Å². The largest absolute Gasteiger partial charge is 0.480 e. The van der Waals surface area contributed by atoms with Gasteiger partial charge in [0.1, 0.15) is 18.1 Å². The van der Waals surface area contributed by atoms with Gasteiger partial charge >= 0.3 is 5.97 Å². The fourth-order valence-electron chi connectivity index (χ4n) is 3.07. The van der Waals surface area contributed by atoms with Crippen LogP contribution in [-0.2, 0) is 24.0 Å². The second-order valence-corrected chi connectivity index (χ2v) is 9.48. The predicted molar refractivity (Wildman–Crippen MR) is 131 cm³/mol. The van der Waals surface area contributed by atoms with Crippen molar-refractivity contribution in [3.63, 3.8) is 0 Å². The number of amides is 4. The van der Waals surface area contributed by atoms with Crippen molar-refractivity contribution in [2.24, 2.45) is 23.1 Å². The minimum atomic E-state index is -1.52. The standard InChI is InChI=1S/C21H40N6O6S/c1-12(2)10-15(26-18(29)13(23)6-4-5-8-22)20(31)25-14(7-9-34-3)19(30)27-16(21(32)33)11-17(24)28/h12-16H,4-11,22-23H2,1-3H3,(H2,24,28)(H,25,31)(H,26,29)(H,27,30)(H,32,33). The molecule has 0 aliphatic heterocycles. The lowest BCUT2D eigenvalue weighted by Crippen LogP contribution is -2.57. The third-order valence-electron chi connectivity index (χ3n) is 4.91. The number of hydrogen-bond donors (Lipinski definition) is 7. The van der Waals surface area contributed by atoms with Crippen molar-refractivity contribution in [3.05, 3.63) is 0 Å². The zero-order valence-corrected chi connectivity index (χ0v) is 21.0. The molecule has 13 heteroatoms. The molecule has 0 fully saturated rings. The van der Waals surface area contributed by atoms with Crippen LogP contribution in [0.25, 0.3) is 0 Å². The Hall–Kier alpha value is -2.38. The Morgan fingerprint density at radius 3 is 1.94 bits per heavy atom. The summed E-state index contributed by atoms with van der Waals surface area (Å²) in [5, 5.41) is 16.8. The third-order valence-corrected chi connectivity index (χ3v) is 5.55. The molecule has 0 aromatic heterocycles. The van der Waals surface area contributed by atoms with Crippen LogP contribution >= 0.6 is 11.8 Å². The van der Waals surface area contributed by atoms with E-state index in [1.165, 1.54) is 11.8 Å². The number of rotatable bonds is 18. The number of primary amides is 1. The molecule has 4 unspecified atom stereocenters. The molecule has 0 spiro atoms. The first kappa shape index (κ1) is 31.6. The van der Waals surface area contributed by atoms with E-state index < -0.39 is 60.2 Å². The van der Waals surface area contributed by atoms with E-state index in [1.807, 2.05) is 20.1 Å². The number of hydrogen-bond acceptors (Lipinski definition) is 8. The molecule has 4 amide bonds. The zero-order chi connectivity index (χ0) is 26.3. The number of carboxylic acid groups (broad SMARTS) is 1. The fourth-order valence-corrected chi connectivity index (χ4v) is 3.54. The van der Waals surface area contributed by atoms with E-state index in [0.717, 1.165) is 6.42 Å². The van der Waals surface area contributed by atoms with Gasteiger partial charge in [0.05, 0.1) is 12.5 Å². The summed E-state index contributed by atoms with van der Waals surface area (Å²) in [5.74, 6) is -3.58. The molecular weight excluding hydrogens is 464 g/mol. The number of carboxylic acids is 1. The SMILES string of the molecule is CSCCC(NC(=O)C(CC(C)C)NC(=O)C(N)CCCCN)C(=O)NC(CC(N)=O)C(=O)O. The van der Waals surface area contributed by atoms with E-state index in [4.69, 9.17) is 17.2 Å². The lowest BCUT2D eigenvalue weighted by molar-refractivity contribution is -0.143. The van der Waals surface area contributed by atoms with Crippen molar-refractivity contribution < 1.29 is 29.1 Å². The summed E-state index contributed by atoms with van der Waals surface area (Å²) in [6, 6.07) is -4.32. The van der Waals surface area contributed by atoms with Crippen LogP contribution in [0.4, 0.5) is 0 Å². The molecule has 0 aromatic rings. The molecular formula is C21H40N6O6S. The number of unbranched alkanes of at least 4 members (excludes halogenated alkanes) is 1. The minimum Gasteiger partial charge on any atom is -0.480 e. The van der Waals surface area contributed by atoms with Crippen LogP contribution in [0.3, 0.4) is 0 Å². The number of nitrogens with two attached hydrogens (primary N) is 3. The molecule has 0 bridgehead atoms. The summed E-state index contributed by atoms with van der Waals surface area (Å²) < 4.78 is 0. The Kier molecular flexibility index (Phi) is 15.9. The summed E-state index contributed by atoms with van der Waals surface area (Å²) in [6.07, 6.45) is 3.59. The Balaban J connectivity index is 5.40. The van der Waals surface area contributed by atoms with E-state index in [2.05, 4.69) is 16.0 Å². The number of aliphatic carboxylic acids is 1. The minimum absolute atomic E-state index is 0.0509. The molecule has 0 aromatic carbocycles. The highest BCUT2D eigenvalue weighted by Gasteiger charge is 2.31. The maximum Gasteiger partial charge on any atom is 0.326 e. The van der Waals surface area contributed by atoms with Crippen LogP contribution in [0.15, 0.2) is 0 Å². The summed E-state index contributed by atoms with van der Waals surface area (Å²) in [6.45, 7) is 4.26. The Morgan fingerprint density at radius 1 is 0.882 bits per heavy atom. The molecule has 0 aliphatic carbocycles. The van der Waals surface area contributed by atoms with Gasteiger partial charge in [0.2, 0.25) is 23.6 Å². The Labute approximate surface area is 204 Å². The van der Waals surface area contributed by atoms with E-state index in [0.29, 0.717) is 31.6 Å². The van der Waals surface area contributed by atoms with Crippen molar-refractivity contribution in [3.8, 4) is 0 Å². The molecule has 4 atom stereocenters. The number of thioether (sulfide) groups is 1. The van der Waals surface area contributed by atoms with Crippen molar-refractivity contribution in [2.75, 3.05) is 18.6 Å². The second-order valence-electron chi connectivity index (χ2n) is 8.49. The molecule has 34 heavy (non-hydrogen) atoms. The molecule has 10 N–H and O–H groups in total. The molecule has 0 saturated heterocycles. The summed E-state index contributed by atoms with van der Waals surface area (Å²) in [5.41, 5.74) is 16.4. The highest BCUT2D eigenvalue weighted by atomic mass is 32.2. The summed E-state index contributed by atoms with van der Waals surface area (Å²) >= 11 is 1.44. The van der Waals surface area contributed by atoms with Gasteiger partial charge in [0, 0.05) is 0 Å². The van der Waals surface area contributed by atoms with Crippen LogP contribution < -0.4 is 33.2 Å². The van der Waals surface area contributed by atoms with Crippen molar-refractivity contribution in [2.45, 2.75) is 76.5 Å². The van der Waals surface area contributed by atoms with Gasteiger partial charge < -0.3 is 38.3 Å². The van der Waals surface area contributed by atoms with Gasteiger partial charge in [0.15, 0.2) is 0 Å². The maximum atomic E-state index is 13.0. The summed E-state index contributed by atoms with van der Waals surface area (Å²) in [7, 11) is 0. The molecule has 0 radical (unpaired) electrons. The maximum absolute atomic E-state index is 13.0. The fraction of sp³-hybridized carbons (Fsp3) is 0.762. The first-order valence-electron chi connectivity index (χ1n) is 11.3. The average Bonchev–Trinajstić information content (AvgIpc) is 2.74. The van der Waals surface area contributed by atoms with Gasteiger partial charge in [-0.1, -0.05) is 20.3 Å². The Morgan fingerprint density at radius 2 is 1.44 bits per heavy atom. The molecule has 0 heterocycles. The van der Waals surface area contributed by atoms with Gasteiger partial charge in [-0.05, 0) is 50.2 Å². The van der Waals surface area contributed by atoms with Gasteiger partial charge in [-0.25, -0.2) is 4.79 Å². The van der Waals surface area contributed by atoms with E-state index in [-0.39, 0.29) is 12.3 Å². The van der Waals surface area contributed by atoms with Crippen LogP contribution in [-0.4, -0.2) is 77.4 Å². The van der Waals surface area contributed by atoms with E-state index >= 15 is 0 Å². The van der Waals surface area contributed by atoms with Crippen LogP contribution in [0.2, 0.25) is 0 Å². The van der Waals surface area contributed by atoms with Crippen LogP contribution in [0, 0.1) is 5.92 Å². The summed E-state index contributed by atoms with van der Waals surface area (Å²) in [4.78, 5) is 60.7. The average molecular weight is 505 g/mol. The zero-order valence-electron chi connectivity index (χ0n) is 20.2. The number of carbonyl (C=O) groups is 5. The number of carbonyl (C=O) groups excluding carboxylic acids is 4. The normalized spacial score (nSPS) is 14.5. The van der Waals surface area contributed by atoms with Crippen molar-refractivity contribution in [1.29, 1.82) is 0 Å². The molecule has 0 aliphatic rings. The van der Waals surface area contributed by atoms with Gasteiger partial charge in [-0.3, -0.25) is 19.2 Å². The van der Waals surface area contributed by atoms with E-state index in [9.17, 15) is 29.1 Å². The van der Waals surface area contributed by atoms with Crippen molar-refractivity contribution in [1.82, 2.24) is 16.0 Å². The quantitative estimate of drug-likeness (QED) is 0.110. The monoisotopic (exact) mass is 504 g/mol. The first-order chi connectivity index (χ1) is 15.9. The lowest BCUT2D eigenvalue weighted by atomic mass is 10.0. The third kappa shape index (κ3) is 13.4. The Bertz CT molecular complexity index is 693. The smallest absolute Gasteiger partial charge is 0.326 e. The first-order valence-corrected chi connectivity index (χ1v) is 12.7. The predicted octanol–water partition coefficient (Wildman–Crippen LogP) is -1.34. The second kappa shape index (κ2) is 17.1. The van der Waals surface area contributed by atoms with Gasteiger partial charge in [-0.15, -0.1) is 0 Å². The topological polar surface area (TPSA) is 220 Å². The van der Waals surface area contributed by atoms with Crippen LogP contribution in [0.1, 0.15) is 52.4 Å². The van der Waals surface area contributed by atoms with Crippen molar-refractivity contribution >= 4 is 41.4 Å². The molecule has 0 saturated carbocycles.